The highest BCUT2D eigenvalue weighted by Gasteiger charge is 2.08. The Hall–Kier alpha value is -0.610. The summed E-state index contributed by atoms with van der Waals surface area (Å²) in [6.45, 7) is 0. The van der Waals surface area contributed by atoms with Crippen LogP contribution in [0.4, 0.5) is 0 Å². The van der Waals surface area contributed by atoms with Gasteiger partial charge in [-0.1, -0.05) is 18.2 Å². The van der Waals surface area contributed by atoms with Gasteiger partial charge in [0.15, 0.2) is 4.60 Å². The van der Waals surface area contributed by atoms with Gasteiger partial charge in [-0.15, -0.1) is 0 Å². The van der Waals surface area contributed by atoms with Crippen molar-refractivity contribution in [1.82, 2.24) is 4.98 Å². The van der Waals surface area contributed by atoms with Crippen molar-refractivity contribution in [2.24, 2.45) is 0 Å². The Morgan fingerprint density at radius 2 is 1.77 bits per heavy atom. The molecule has 0 aliphatic heterocycles. The molecular formula is C9H5Br2NO. The van der Waals surface area contributed by atoms with Gasteiger partial charge in [-0.2, -0.15) is 0 Å². The molecule has 0 atom stereocenters. The molecule has 0 unspecified atom stereocenters. The van der Waals surface area contributed by atoms with Gasteiger partial charge in [-0.05, 0) is 44.0 Å². The van der Waals surface area contributed by atoms with Gasteiger partial charge in [0.25, 0.3) is 0 Å². The number of halogens is 2. The molecule has 0 N–H and O–H groups in total. The number of aromatic nitrogens is 1. The fourth-order valence-electron chi connectivity index (χ4n) is 0.987. The van der Waals surface area contributed by atoms with E-state index in [0.29, 0.717) is 15.2 Å². The van der Waals surface area contributed by atoms with Gasteiger partial charge in [0.05, 0.1) is 0 Å². The summed E-state index contributed by atoms with van der Waals surface area (Å²) in [7, 11) is 0. The summed E-state index contributed by atoms with van der Waals surface area (Å²) in [6, 6.07) is 9.74. The van der Waals surface area contributed by atoms with Crippen LogP contribution in [-0.2, 0) is 0 Å². The molecule has 0 amide bonds. The van der Waals surface area contributed by atoms with Crippen LogP contribution in [0, 0.1) is 0 Å². The summed E-state index contributed by atoms with van der Waals surface area (Å²) >= 11 is 6.50. The van der Waals surface area contributed by atoms with Crippen LogP contribution in [0.3, 0.4) is 0 Å². The Balaban J connectivity index is 2.48. The minimum Gasteiger partial charge on any atom is -0.428 e. The summed E-state index contributed by atoms with van der Waals surface area (Å²) in [5, 5.41) is 0. The fourth-order valence-corrected chi connectivity index (χ4v) is 1.47. The smallest absolute Gasteiger partial charge is 0.228 e. The molecule has 0 radical (unpaired) electrons. The predicted octanol–water partition coefficient (Wildman–Crippen LogP) is 3.87. The average molecular weight is 303 g/mol. The first-order chi connectivity index (χ1) is 6.27. The Morgan fingerprint density at radius 1 is 1.08 bits per heavy atom. The van der Waals surface area contributed by atoms with Crippen molar-refractivity contribution in [3.63, 3.8) is 0 Å². The molecule has 66 valence electrons. The van der Waals surface area contributed by atoms with Gasteiger partial charge < -0.3 is 4.42 Å². The highest BCUT2D eigenvalue weighted by molar-refractivity contribution is 9.13. The lowest BCUT2D eigenvalue weighted by atomic mass is 10.2. The lowest BCUT2D eigenvalue weighted by molar-refractivity contribution is 0.548. The second-order valence-electron chi connectivity index (χ2n) is 2.45. The molecule has 0 saturated carbocycles. The minimum absolute atomic E-state index is 0.611. The normalized spacial score (nSPS) is 10.3. The van der Waals surface area contributed by atoms with Crippen LogP contribution in [0.2, 0.25) is 0 Å². The van der Waals surface area contributed by atoms with Gasteiger partial charge in [0.2, 0.25) is 10.6 Å². The van der Waals surface area contributed by atoms with Crippen LogP contribution >= 0.6 is 31.9 Å². The molecule has 0 fully saturated rings. The third-order valence-electron chi connectivity index (χ3n) is 1.57. The lowest BCUT2D eigenvalue weighted by Crippen LogP contribution is -1.74. The molecule has 1 aromatic heterocycles. The van der Waals surface area contributed by atoms with Crippen LogP contribution < -0.4 is 0 Å². The summed E-state index contributed by atoms with van der Waals surface area (Å²) < 4.78 is 6.66. The van der Waals surface area contributed by atoms with E-state index in [1.807, 2.05) is 30.3 Å². The van der Waals surface area contributed by atoms with Gasteiger partial charge in [0.1, 0.15) is 0 Å². The third kappa shape index (κ3) is 1.84. The standard InChI is InChI=1S/C9H5Br2NO/c10-7-8(11)13-9(12-7)6-4-2-1-3-5-6/h1-5H. The van der Waals surface area contributed by atoms with E-state index in [1.165, 1.54) is 0 Å². The van der Waals surface area contributed by atoms with Crippen LogP contribution in [0.15, 0.2) is 44.0 Å². The predicted molar refractivity (Wildman–Crippen MR) is 57.3 cm³/mol. The molecule has 4 heteroatoms. The maximum absolute atomic E-state index is 5.36. The van der Waals surface area contributed by atoms with Crippen molar-refractivity contribution in [1.29, 1.82) is 0 Å². The Morgan fingerprint density at radius 3 is 2.31 bits per heavy atom. The zero-order valence-electron chi connectivity index (χ0n) is 6.50. The first-order valence-corrected chi connectivity index (χ1v) is 5.23. The second kappa shape index (κ2) is 3.64. The highest BCUT2D eigenvalue weighted by atomic mass is 79.9. The van der Waals surface area contributed by atoms with Crippen molar-refractivity contribution >= 4 is 31.9 Å². The first-order valence-electron chi connectivity index (χ1n) is 3.64. The van der Waals surface area contributed by atoms with Gasteiger partial charge >= 0.3 is 0 Å². The minimum atomic E-state index is 0.611. The van der Waals surface area contributed by atoms with Gasteiger partial charge in [-0.3, -0.25) is 0 Å². The van der Waals surface area contributed by atoms with Crippen molar-refractivity contribution in [3.8, 4) is 11.5 Å². The number of hydrogen-bond acceptors (Lipinski definition) is 2. The summed E-state index contributed by atoms with van der Waals surface area (Å²) in [6.07, 6.45) is 0. The van der Waals surface area contributed by atoms with E-state index in [9.17, 15) is 0 Å². The SMILES string of the molecule is Brc1nc(-c2ccccc2)oc1Br. The van der Waals surface area contributed by atoms with Crippen LogP contribution in [0.25, 0.3) is 11.5 Å². The summed E-state index contributed by atoms with van der Waals surface area (Å²) in [5.41, 5.74) is 0.967. The number of oxazole rings is 1. The topological polar surface area (TPSA) is 26.0 Å². The quantitative estimate of drug-likeness (QED) is 0.799. The van der Waals surface area contributed by atoms with Crippen molar-refractivity contribution in [3.05, 3.63) is 39.6 Å². The first kappa shape index (κ1) is 8.97. The fraction of sp³-hybridized carbons (Fsp3) is 0. The third-order valence-corrected chi connectivity index (χ3v) is 3.18. The van der Waals surface area contributed by atoms with Crippen LogP contribution in [0.5, 0.6) is 0 Å². The lowest BCUT2D eigenvalue weighted by Gasteiger charge is -1.91. The number of benzene rings is 1. The second-order valence-corrected chi connectivity index (χ2v) is 3.92. The molecule has 0 aliphatic carbocycles. The molecule has 2 rings (SSSR count). The molecular weight excluding hydrogens is 298 g/mol. The maximum Gasteiger partial charge on any atom is 0.228 e. The van der Waals surface area contributed by atoms with E-state index in [0.717, 1.165) is 5.56 Å². The van der Waals surface area contributed by atoms with E-state index >= 15 is 0 Å². The monoisotopic (exact) mass is 301 g/mol. The Kier molecular flexibility index (Phi) is 2.51. The molecule has 1 heterocycles. The Bertz CT molecular complexity index is 391. The average Bonchev–Trinajstić information content (AvgIpc) is 2.49. The molecule has 0 spiro atoms. The van der Waals surface area contributed by atoms with Crippen LogP contribution in [0.1, 0.15) is 0 Å². The number of rotatable bonds is 1. The van der Waals surface area contributed by atoms with Crippen molar-refractivity contribution in [2.45, 2.75) is 0 Å². The molecule has 0 aliphatic rings. The zero-order valence-corrected chi connectivity index (χ0v) is 9.67. The molecule has 2 aromatic rings. The molecule has 0 bridgehead atoms. The van der Waals surface area contributed by atoms with Gasteiger partial charge in [-0.25, -0.2) is 4.98 Å². The maximum atomic E-state index is 5.36. The molecule has 1 aromatic carbocycles. The van der Waals surface area contributed by atoms with E-state index in [4.69, 9.17) is 4.42 Å². The van der Waals surface area contributed by atoms with E-state index in [2.05, 4.69) is 36.8 Å². The number of nitrogens with zero attached hydrogens (tertiary/aromatic N) is 1. The molecule has 2 nitrogen and oxygen atoms in total. The highest BCUT2D eigenvalue weighted by Crippen LogP contribution is 2.28. The van der Waals surface area contributed by atoms with Crippen molar-refractivity contribution < 1.29 is 4.42 Å². The Labute approximate surface area is 92.2 Å². The van der Waals surface area contributed by atoms with Crippen molar-refractivity contribution in [2.75, 3.05) is 0 Å². The zero-order chi connectivity index (χ0) is 9.26. The number of hydrogen-bond donors (Lipinski definition) is 0. The van der Waals surface area contributed by atoms with E-state index in [1.54, 1.807) is 0 Å². The van der Waals surface area contributed by atoms with Gasteiger partial charge in [0, 0.05) is 5.56 Å². The van der Waals surface area contributed by atoms with E-state index < -0.39 is 0 Å². The van der Waals surface area contributed by atoms with Crippen LogP contribution in [-0.4, -0.2) is 4.98 Å². The molecule has 13 heavy (non-hydrogen) atoms. The summed E-state index contributed by atoms with van der Waals surface area (Å²) in [4.78, 5) is 4.18. The summed E-state index contributed by atoms with van der Waals surface area (Å²) in [5.74, 6) is 0.611. The van der Waals surface area contributed by atoms with E-state index in [-0.39, 0.29) is 0 Å². The largest absolute Gasteiger partial charge is 0.428 e. The molecule has 0 saturated heterocycles.